The first kappa shape index (κ1) is 24.7. The summed E-state index contributed by atoms with van der Waals surface area (Å²) < 4.78 is 21.9. The van der Waals surface area contributed by atoms with Gasteiger partial charge >= 0.3 is 0 Å². The molecule has 0 aromatic heterocycles. The Morgan fingerprint density at radius 2 is 1.56 bits per heavy atom. The van der Waals surface area contributed by atoms with Gasteiger partial charge in [0.15, 0.2) is 0 Å². The maximum absolute atomic E-state index is 10.9. The van der Waals surface area contributed by atoms with Gasteiger partial charge in [0.2, 0.25) is 0 Å². The van der Waals surface area contributed by atoms with Gasteiger partial charge in [-0.05, 0) is 6.92 Å². The maximum atomic E-state index is 10.9. The van der Waals surface area contributed by atoms with Crippen molar-refractivity contribution in [2.24, 2.45) is 17.8 Å². The Balaban J connectivity index is 4.74. The highest BCUT2D eigenvalue weighted by molar-refractivity contribution is 4.91. The predicted octanol–water partition coefficient (Wildman–Crippen LogP) is 0.694. The topological polar surface area (TPSA) is 97.6 Å². The molecule has 0 spiro atoms. The summed E-state index contributed by atoms with van der Waals surface area (Å²) in [6, 6.07) is 0. The van der Waals surface area contributed by atoms with Crippen molar-refractivity contribution in [3.8, 4) is 0 Å². The van der Waals surface area contributed by atoms with Crippen molar-refractivity contribution in [3.05, 3.63) is 0 Å². The highest BCUT2D eigenvalue weighted by Crippen LogP contribution is 2.30. The Labute approximate surface area is 152 Å². The summed E-state index contributed by atoms with van der Waals surface area (Å²) in [5.74, 6) is -0.197. The molecule has 5 atom stereocenters. The average molecular weight is 366 g/mol. The lowest BCUT2D eigenvalue weighted by molar-refractivity contribution is -0.149. The third-order valence-electron chi connectivity index (χ3n) is 4.75. The van der Waals surface area contributed by atoms with Gasteiger partial charge in [0, 0.05) is 52.1 Å². The van der Waals surface area contributed by atoms with Crippen LogP contribution in [0.4, 0.5) is 0 Å². The highest BCUT2D eigenvalue weighted by atomic mass is 16.5. The van der Waals surface area contributed by atoms with Crippen LogP contribution in [0.2, 0.25) is 0 Å². The van der Waals surface area contributed by atoms with Crippen LogP contribution in [0.3, 0.4) is 0 Å². The first-order valence-electron chi connectivity index (χ1n) is 8.85. The van der Waals surface area contributed by atoms with Crippen molar-refractivity contribution in [2.75, 3.05) is 54.4 Å². The van der Waals surface area contributed by atoms with Crippen molar-refractivity contribution in [3.63, 3.8) is 0 Å². The summed E-state index contributed by atoms with van der Waals surface area (Å²) in [4.78, 5) is 0. The Bertz CT molecular complexity index is 321. The number of hydrogen-bond acceptors (Lipinski definition) is 7. The molecular weight excluding hydrogens is 328 g/mol. The Hall–Kier alpha value is -0.280. The van der Waals surface area contributed by atoms with Crippen LogP contribution in [-0.4, -0.2) is 87.5 Å². The molecule has 0 aliphatic rings. The van der Waals surface area contributed by atoms with Crippen molar-refractivity contribution < 1.29 is 34.3 Å². The van der Waals surface area contributed by atoms with E-state index in [0.29, 0.717) is 19.6 Å². The second-order valence-electron chi connectivity index (χ2n) is 7.06. The third kappa shape index (κ3) is 8.30. The minimum atomic E-state index is -1.11. The lowest BCUT2D eigenvalue weighted by atomic mass is 9.80. The van der Waals surface area contributed by atoms with E-state index in [1.807, 2.05) is 13.8 Å². The van der Waals surface area contributed by atoms with Crippen molar-refractivity contribution in [1.29, 1.82) is 0 Å². The van der Waals surface area contributed by atoms with Crippen molar-refractivity contribution in [1.82, 2.24) is 0 Å². The molecule has 0 aromatic rings. The largest absolute Gasteiger partial charge is 0.396 e. The molecule has 0 aliphatic carbocycles. The number of aliphatic hydroxyl groups is 3. The van der Waals surface area contributed by atoms with Gasteiger partial charge in [-0.1, -0.05) is 13.8 Å². The lowest BCUT2D eigenvalue weighted by Crippen LogP contribution is -2.50. The standard InChI is InChI=1S/C18H38O7/c1-13(11-22-4)16(23-5)14(2)17(24-6)18(3,21)7-8-25-12-15(9-19)10-20/h13-17,19-21H,7-12H2,1-6H3. The van der Waals surface area contributed by atoms with E-state index in [2.05, 4.69) is 0 Å². The van der Waals surface area contributed by atoms with Gasteiger partial charge in [-0.15, -0.1) is 0 Å². The monoisotopic (exact) mass is 366 g/mol. The Morgan fingerprint density at radius 1 is 0.960 bits per heavy atom. The fourth-order valence-electron chi connectivity index (χ4n) is 3.36. The fourth-order valence-corrected chi connectivity index (χ4v) is 3.36. The second kappa shape index (κ2) is 13.0. The number of rotatable bonds is 15. The van der Waals surface area contributed by atoms with Gasteiger partial charge in [-0.3, -0.25) is 0 Å². The minimum Gasteiger partial charge on any atom is -0.396 e. The smallest absolute Gasteiger partial charge is 0.0906 e. The van der Waals surface area contributed by atoms with Gasteiger partial charge in [0.1, 0.15) is 0 Å². The third-order valence-corrected chi connectivity index (χ3v) is 4.75. The van der Waals surface area contributed by atoms with Crippen molar-refractivity contribution >= 4 is 0 Å². The summed E-state index contributed by atoms with van der Waals surface area (Å²) in [6.45, 7) is 6.64. The van der Waals surface area contributed by atoms with E-state index in [-0.39, 0.29) is 43.7 Å². The zero-order valence-corrected chi connectivity index (χ0v) is 16.6. The minimum absolute atomic E-state index is 0.0576. The van der Waals surface area contributed by atoms with Gasteiger partial charge in [0.25, 0.3) is 0 Å². The molecule has 0 saturated heterocycles. The average Bonchev–Trinajstić information content (AvgIpc) is 2.56. The summed E-state index contributed by atoms with van der Waals surface area (Å²) in [6.07, 6.45) is -0.189. The van der Waals surface area contributed by atoms with E-state index in [1.165, 1.54) is 0 Å². The molecule has 0 rings (SSSR count). The molecule has 0 heterocycles. The molecule has 0 radical (unpaired) electrons. The summed E-state index contributed by atoms with van der Waals surface area (Å²) >= 11 is 0. The summed E-state index contributed by atoms with van der Waals surface area (Å²) in [5.41, 5.74) is -1.11. The molecule has 7 heteroatoms. The van der Waals surface area contributed by atoms with E-state index < -0.39 is 11.7 Å². The van der Waals surface area contributed by atoms with Gasteiger partial charge < -0.3 is 34.3 Å². The molecule has 0 aromatic carbocycles. The normalized spacial score (nSPS) is 19.4. The Kier molecular flexibility index (Phi) is 12.8. The molecule has 152 valence electrons. The number of aliphatic hydroxyl groups excluding tert-OH is 2. The quantitative estimate of drug-likeness (QED) is 0.367. The van der Waals surface area contributed by atoms with E-state index in [9.17, 15) is 5.11 Å². The summed E-state index contributed by atoms with van der Waals surface area (Å²) in [5, 5.41) is 29.0. The number of hydrogen-bond donors (Lipinski definition) is 3. The lowest BCUT2D eigenvalue weighted by Gasteiger charge is -2.40. The van der Waals surface area contributed by atoms with E-state index in [4.69, 9.17) is 29.2 Å². The summed E-state index contributed by atoms with van der Waals surface area (Å²) in [7, 11) is 4.89. The molecule has 25 heavy (non-hydrogen) atoms. The highest BCUT2D eigenvalue weighted by Gasteiger charge is 2.40. The SMILES string of the molecule is COCC(C)C(OC)C(C)C(OC)C(C)(O)CCOCC(CO)CO. The van der Waals surface area contributed by atoms with E-state index in [0.717, 1.165) is 0 Å². The Morgan fingerprint density at radius 3 is 2.00 bits per heavy atom. The molecule has 7 nitrogen and oxygen atoms in total. The van der Waals surface area contributed by atoms with E-state index in [1.54, 1.807) is 28.3 Å². The van der Waals surface area contributed by atoms with Crippen LogP contribution in [0, 0.1) is 17.8 Å². The van der Waals surface area contributed by atoms with Gasteiger partial charge in [-0.25, -0.2) is 0 Å². The van der Waals surface area contributed by atoms with Crippen LogP contribution in [-0.2, 0) is 18.9 Å². The van der Waals surface area contributed by atoms with Crippen LogP contribution >= 0.6 is 0 Å². The van der Waals surface area contributed by atoms with Crippen LogP contribution in [0.1, 0.15) is 27.2 Å². The van der Waals surface area contributed by atoms with Gasteiger partial charge in [-0.2, -0.15) is 0 Å². The first-order chi connectivity index (χ1) is 11.8. The zero-order valence-electron chi connectivity index (χ0n) is 16.6. The van der Waals surface area contributed by atoms with Crippen LogP contribution in [0.5, 0.6) is 0 Å². The molecule has 0 saturated carbocycles. The van der Waals surface area contributed by atoms with Crippen LogP contribution in [0.25, 0.3) is 0 Å². The second-order valence-corrected chi connectivity index (χ2v) is 7.06. The number of ether oxygens (including phenoxy) is 4. The van der Waals surface area contributed by atoms with Gasteiger partial charge in [0.05, 0.1) is 44.2 Å². The van der Waals surface area contributed by atoms with E-state index >= 15 is 0 Å². The molecule has 3 N–H and O–H groups in total. The molecule has 0 bridgehead atoms. The maximum Gasteiger partial charge on any atom is 0.0906 e. The molecule has 5 unspecified atom stereocenters. The predicted molar refractivity (Wildman–Crippen MR) is 95.5 cm³/mol. The fraction of sp³-hybridized carbons (Fsp3) is 1.00. The molecule has 0 fully saturated rings. The van der Waals surface area contributed by atoms with Crippen LogP contribution < -0.4 is 0 Å². The molecule has 0 amide bonds. The number of methoxy groups -OCH3 is 3. The first-order valence-corrected chi connectivity index (χ1v) is 8.85. The molecular formula is C18H38O7. The zero-order chi connectivity index (χ0) is 19.5. The molecule has 0 aliphatic heterocycles. The van der Waals surface area contributed by atoms with Crippen LogP contribution in [0.15, 0.2) is 0 Å². The van der Waals surface area contributed by atoms with Crippen molar-refractivity contribution in [2.45, 2.75) is 45.0 Å².